The molecule has 2 aromatic rings. The lowest BCUT2D eigenvalue weighted by atomic mass is 10.2. The van der Waals surface area contributed by atoms with Gasteiger partial charge in [-0.25, -0.2) is 0 Å². The Balaban J connectivity index is 1.54. The third-order valence-corrected chi connectivity index (χ3v) is 5.60. The third-order valence-electron chi connectivity index (χ3n) is 3.44. The Kier molecular flexibility index (Phi) is 4.19. The number of thiophene rings is 2. The normalized spacial score (nSPS) is 13.4. The van der Waals surface area contributed by atoms with Crippen LogP contribution in [0.1, 0.15) is 33.5 Å². The molecule has 1 amide bonds. The summed E-state index contributed by atoms with van der Waals surface area (Å²) in [5.41, 5.74) is 2.49. The van der Waals surface area contributed by atoms with Crippen LogP contribution in [0, 0.1) is 0 Å². The molecule has 3 nitrogen and oxygen atoms in total. The smallest absolute Gasteiger partial charge is 0.221 e. The predicted molar refractivity (Wildman–Crippen MR) is 85.5 cm³/mol. The van der Waals surface area contributed by atoms with Crippen molar-refractivity contribution in [1.82, 2.24) is 5.32 Å². The van der Waals surface area contributed by atoms with Gasteiger partial charge in [0.05, 0.1) is 5.69 Å². The quantitative estimate of drug-likeness (QED) is 0.887. The first-order valence-corrected chi connectivity index (χ1v) is 8.57. The molecule has 2 aromatic heterocycles. The van der Waals surface area contributed by atoms with E-state index in [1.807, 2.05) is 22.8 Å². The highest BCUT2D eigenvalue weighted by Gasteiger charge is 2.14. The number of amides is 1. The molecule has 0 fully saturated rings. The number of rotatable bonds is 5. The average Bonchev–Trinajstić information content (AvgIpc) is 3.05. The van der Waals surface area contributed by atoms with E-state index in [1.165, 1.54) is 29.0 Å². The molecule has 0 saturated carbocycles. The van der Waals surface area contributed by atoms with Gasteiger partial charge in [0.15, 0.2) is 0 Å². The van der Waals surface area contributed by atoms with Crippen molar-refractivity contribution in [2.24, 2.45) is 0 Å². The molecule has 106 valence electrons. The molecule has 0 unspecified atom stereocenters. The molecular formula is C15H18N2OS2. The minimum atomic E-state index is -0.0145. The van der Waals surface area contributed by atoms with Gasteiger partial charge in [-0.15, -0.1) is 22.7 Å². The van der Waals surface area contributed by atoms with Gasteiger partial charge in [-0.2, -0.15) is 0 Å². The Hall–Kier alpha value is -1.17. The largest absolute Gasteiger partial charge is 0.325 e. The number of anilines is 1. The number of fused-ring (bicyclic) bond motifs is 1. The molecule has 1 aliphatic rings. The van der Waals surface area contributed by atoms with Crippen molar-refractivity contribution in [3.8, 4) is 0 Å². The first kappa shape index (κ1) is 13.8. The minimum absolute atomic E-state index is 0.0145. The van der Waals surface area contributed by atoms with E-state index in [-0.39, 0.29) is 5.91 Å². The number of carbonyl (C=O) groups excluding carboxylic acids is 1. The van der Waals surface area contributed by atoms with Gasteiger partial charge in [-0.3, -0.25) is 4.79 Å². The van der Waals surface area contributed by atoms with Crippen LogP contribution in [0.15, 0.2) is 17.5 Å². The fourth-order valence-electron chi connectivity index (χ4n) is 2.56. The highest BCUT2D eigenvalue weighted by Crippen LogP contribution is 2.30. The summed E-state index contributed by atoms with van der Waals surface area (Å²) in [6.07, 6.45) is 3.84. The van der Waals surface area contributed by atoms with Crippen molar-refractivity contribution in [3.63, 3.8) is 0 Å². The lowest BCUT2D eigenvalue weighted by Crippen LogP contribution is -2.13. The fraction of sp³-hybridized carbons (Fsp3) is 0.400. The van der Waals surface area contributed by atoms with Gasteiger partial charge in [0.25, 0.3) is 0 Å². The Morgan fingerprint density at radius 3 is 3.05 bits per heavy atom. The van der Waals surface area contributed by atoms with Gasteiger partial charge in [-0.1, -0.05) is 0 Å². The van der Waals surface area contributed by atoms with Crippen LogP contribution >= 0.6 is 22.7 Å². The van der Waals surface area contributed by atoms with E-state index >= 15 is 0 Å². The summed E-state index contributed by atoms with van der Waals surface area (Å²) in [5.74, 6) is -0.0145. The summed E-state index contributed by atoms with van der Waals surface area (Å²) in [4.78, 5) is 15.3. The molecule has 2 N–H and O–H groups in total. The number of carbonyl (C=O) groups is 1. The molecule has 0 spiro atoms. The molecule has 20 heavy (non-hydrogen) atoms. The molecule has 0 aromatic carbocycles. The van der Waals surface area contributed by atoms with E-state index in [0.717, 1.165) is 18.8 Å². The molecule has 3 rings (SSSR count). The van der Waals surface area contributed by atoms with Crippen molar-refractivity contribution in [2.45, 2.75) is 39.3 Å². The summed E-state index contributed by atoms with van der Waals surface area (Å²) in [6.45, 7) is 3.26. The second-order valence-electron chi connectivity index (χ2n) is 5.06. The maximum Gasteiger partial charge on any atom is 0.221 e. The van der Waals surface area contributed by atoms with Crippen LogP contribution in [0.4, 0.5) is 5.69 Å². The number of hydrogen-bond donors (Lipinski definition) is 2. The predicted octanol–water partition coefficient (Wildman–Crippen LogP) is 3.55. The van der Waals surface area contributed by atoms with Crippen LogP contribution < -0.4 is 10.6 Å². The van der Waals surface area contributed by atoms with Crippen molar-refractivity contribution in [1.29, 1.82) is 0 Å². The monoisotopic (exact) mass is 306 g/mol. The van der Waals surface area contributed by atoms with Crippen molar-refractivity contribution in [2.75, 3.05) is 5.32 Å². The number of hydrogen-bond acceptors (Lipinski definition) is 4. The maximum absolute atomic E-state index is 11.1. The van der Waals surface area contributed by atoms with Crippen molar-refractivity contribution in [3.05, 3.63) is 37.7 Å². The topological polar surface area (TPSA) is 41.1 Å². The van der Waals surface area contributed by atoms with E-state index in [9.17, 15) is 4.79 Å². The first-order chi connectivity index (χ1) is 9.72. The molecule has 0 bridgehead atoms. The lowest BCUT2D eigenvalue weighted by molar-refractivity contribution is -0.114. The number of aryl methyl sites for hydroxylation is 2. The van der Waals surface area contributed by atoms with Crippen LogP contribution in [-0.4, -0.2) is 5.91 Å². The lowest BCUT2D eigenvalue weighted by Gasteiger charge is -2.05. The van der Waals surface area contributed by atoms with E-state index < -0.39 is 0 Å². The Morgan fingerprint density at radius 1 is 1.35 bits per heavy atom. The molecule has 2 heterocycles. The van der Waals surface area contributed by atoms with Gasteiger partial charge in [0.2, 0.25) is 5.91 Å². The summed E-state index contributed by atoms with van der Waals surface area (Å²) in [6, 6.07) is 4.31. The highest BCUT2D eigenvalue weighted by molar-refractivity contribution is 7.12. The second kappa shape index (κ2) is 6.08. The van der Waals surface area contributed by atoms with Crippen molar-refractivity contribution >= 4 is 34.3 Å². The van der Waals surface area contributed by atoms with Crippen LogP contribution in [0.5, 0.6) is 0 Å². The molecular weight excluding hydrogens is 288 g/mol. The van der Waals surface area contributed by atoms with Gasteiger partial charge >= 0.3 is 0 Å². The van der Waals surface area contributed by atoms with Gasteiger partial charge in [0, 0.05) is 34.6 Å². The summed E-state index contributed by atoms with van der Waals surface area (Å²) in [7, 11) is 0. The number of nitrogens with one attached hydrogen (secondary N) is 2. The zero-order valence-electron chi connectivity index (χ0n) is 11.5. The highest BCUT2D eigenvalue weighted by atomic mass is 32.1. The van der Waals surface area contributed by atoms with E-state index in [1.54, 1.807) is 28.7 Å². The van der Waals surface area contributed by atoms with Gasteiger partial charge < -0.3 is 10.6 Å². The average molecular weight is 306 g/mol. The zero-order valence-corrected chi connectivity index (χ0v) is 13.1. The zero-order chi connectivity index (χ0) is 13.9. The van der Waals surface area contributed by atoms with Crippen LogP contribution in [0.2, 0.25) is 0 Å². The van der Waals surface area contributed by atoms with Crippen molar-refractivity contribution < 1.29 is 4.79 Å². The molecule has 1 aliphatic carbocycles. The van der Waals surface area contributed by atoms with Gasteiger partial charge in [0.1, 0.15) is 0 Å². The third kappa shape index (κ3) is 3.11. The molecule has 0 radical (unpaired) electrons. The summed E-state index contributed by atoms with van der Waals surface area (Å²) in [5, 5.41) is 8.36. The SMILES string of the molecule is CC(=O)Nc1ccsc1CNCc1cc2c(s1)CCC2. The summed E-state index contributed by atoms with van der Waals surface area (Å²) >= 11 is 3.62. The fourth-order valence-corrected chi connectivity index (χ4v) is 4.59. The maximum atomic E-state index is 11.1. The molecule has 0 aliphatic heterocycles. The van der Waals surface area contributed by atoms with Crippen LogP contribution in [-0.2, 0) is 30.7 Å². The molecule has 5 heteroatoms. The van der Waals surface area contributed by atoms with Crippen LogP contribution in [0.25, 0.3) is 0 Å². The Morgan fingerprint density at radius 2 is 2.25 bits per heavy atom. The van der Waals surface area contributed by atoms with Crippen LogP contribution in [0.3, 0.4) is 0 Å². The van der Waals surface area contributed by atoms with E-state index in [0.29, 0.717) is 0 Å². The second-order valence-corrected chi connectivity index (χ2v) is 7.28. The molecule has 0 saturated heterocycles. The minimum Gasteiger partial charge on any atom is -0.325 e. The van der Waals surface area contributed by atoms with E-state index in [2.05, 4.69) is 16.7 Å². The van der Waals surface area contributed by atoms with Gasteiger partial charge in [-0.05, 0) is 42.3 Å². The Bertz CT molecular complexity index is 594. The summed E-state index contributed by atoms with van der Waals surface area (Å²) < 4.78 is 0. The first-order valence-electron chi connectivity index (χ1n) is 6.87. The Labute approximate surface area is 127 Å². The molecule has 0 atom stereocenters. The van der Waals surface area contributed by atoms with E-state index in [4.69, 9.17) is 0 Å². The standard InChI is InChI=1S/C15H18N2OS2/c1-10(18)17-13-5-6-19-15(13)9-16-8-12-7-11-3-2-4-14(11)20-12/h5-7,16H,2-4,8-9H2,1H3,(H,17,18).